The molecule has 0 radical (unpaired) electrons. The van der Waals surface area contributed by atoms with E-state index in [1.54, 1.807) is 4.90 Å². The largest absolute Gasteiger partial charge is 0.354 e. The van der Waals surface area contributed by atoms with Crippen LogP contribution >= 0.6 is 0 Å². The Labute approximate surface area is 252 Å². The summed E-state index contributed by atoms with van der Waals surface area (Å²) in [5.41, 5.74) is 4.68. The molecule has 3 aromatic carbocycles. The topological polar surface area (TPSA) is 86.8 Å². The van der Waals surface area contributed by atoms with Crippen LogP contribution in [0.3, 0.4) is 0 Å². The number of carbonyl (C=O) groups is 2. The highest BCUT2D eigenvalue weighted by molar-refractivity contribution is 7.92. The Kier molecular flexibility index (Phi) is 12.6. The highest BCUT2D eigenvalue weighted by atomic mass is 32.2. The molecule has 0 saturated heterocycles. The summed E-state index contributed by atoms with van der Waals surface area (Å²) in [5.74, 6) is -0.359. The van der Waals surface area contributed by atoms with Gasteiger partial charge < -0.3 is 10.2 Å². The average Bonchev–Trinajstić information content (AvgIpc) is 2.98. The minimum absolute atomic E-state index is 0.110. The van der Waals surface area contributed by atoms with Crippen LogP contribution in [-0.2, 0) is 39.0 Å². The van der Waals surface area contributed by atoms with E-state index in [2.05, 4.69) is 12.2 Å². The molecule has 0 aliphatic heterocycles. The zero-order valence-electron chi connectivity index (χ0n) is 25.4. The molecule has 0 saturated carbocycles. The van der Waals surface area contributed by atoms with Gasteiger partial charge in [0.05, 0.1) is 11.9 Å². The van der Waals surface area contributed by atoms with Crippen molar-refractivity contribution in [3.8, 4) is 0 Å². The number of rotatable bonds is 16. The predicted molar refractivity (Wildman–Crippen MR) is 171 cm³/mol. The van der Waals surface area contributed by atoms with Gasteiger partial charge in [-0.1, -0.05) is 87.0 Å². The monoisotopic (exact) mass is 591 g/mol. The third-order valence-corrected chi connectivity index (χ3v) is 8.68. The molecule has 42 heavy (non-hydrogen) atoms. The Morgan fingerprint density at radius 2 is 1.52 bits per heavy atom. The van der Waals surface area contributed by atoms with Crippen molar-refractivity contribution in [2.24, 2.45) is 0 Å². The maximum atomic E-state index is 14.0. The minimum atomic E-state index is -3.55. The highest BCUT2D eigenvalue weighted by Gasteiger charge is 2.30. The predicted octanol–water partition coefficient (Wildman–Crippen LogP) is 5.66. The zero-order valence-corrected chi connectivity index (χ0v) is 26.2. The van der Waals surface area contributed by atoms with Gasteiger partial charge in [0.2, 0.25) is 21.8 Å². The van der Waals surface area contributed by atoms with Gasteiger partial charge in [-0.2, -0.15) is 0 Å². The van der Waals surface area contributed by atoms with E-state index in [-0.39, 0.29) is 24.8 Å². The Morgan fingerprint density at radius 1 is 0.857 bits per heavy atom. The van der Waals surface area contributed by atoms with Crippen molar-refractivity contribution in [2.75, 3.05) is 23.7 Å². The molecular formula is C34H45N3O4S. The number of hydrogen-bond acceptors (Lipinski definition) is 4. The first kappa shape index (κ1) is 32.9. The molecule has 0 unspecified atom stereocenters. The van der Waals surface area contributed by atoms with Gasteiger partial charge in [-0.3, -0.25) is 13.9 Å². The van der Waals surface area contributed by atoms with E-state index in [1.165, 1.54) is 10.6 Å². The Balaban J connectivity index is 1.87. The first-order valence-electron chi connectivity index (χ1n) is 14.9. The minimum Gasteiger partial charge on any atom is -0.354 e. The van der Waals surface area contributed by atoms with Gasteiger partial charge in [0.1, 0.15) is 6.04 Å². The number of benzene rings is 3. The molecule has 1 atom stereocenters. The summed E-state index contributed by atoms with van der Waals surface area (Å²) in [5, 5.41) is 3.04. The lowest BCUT2D eigenvalue weighted by atomic mass is 10.0. The number of hydrogen-bond donors (Lipinski definition) is 1. The maximum Gasteiger partial charge on any atom is 0.243 e. The zero-order chi connectivity index (χ0) is 30.5. The number of amides is 2. The molecule has 0 fully saturated rings. The Bertz CT molecular complexity index is 1390. The molecule has 1 N–H and O–H groups in total. The summed E-state index contributed by atoms with van der Waals surface area (Å²) in [6.07, 6.45) is 4.67. The second-order valence-electron chi connectivity index (χ2n) is 10.8. The van der Waals surface area contributed by atoms with Crippen LogP contribution in [0.4, 0.5) is 5.69 Å². The molecule has 3 aromatic rings. The summed E-state index contributed by atoms with van der Waals surface area (Å²) in [6.45, 7) is 7.12. The van der Waals surface area contributed by atoms with Crippen LogP contribution in [0.1, 0.15) is 61.8 Å². The third kappa shape index (κ3) is 9.72. The first-order valence-corrected chi connectivity index (χ1v) is 16.7. The summed E-state index contributed by atoms with van der Waals surface area (Å²) in [4.78, 5) is 29.2. The van der Waals surface area contributed by atoms with Crippen LogP contribution in [0.5, 0.6) is 0 Å². The number of carbonyl (C=O) groups excluding carboxylic acids is 2. The lowest BCUT2D eigenvalue weighted by Gasteiger charge is -2.32. The van der Waals surface area contributed by atoms with Crippen molar-refractivity contribution >= 4 is 27.5 Å². The molecule has 0 bridgehead atoms. The maximum absolute atomic E-state index is 14.0. The normalized spacial score (nSPS) is 12.0. The highest BCUT2D eigenvalue weighted by Crippen LogP contribution is 2.21. The van der Waals surface area contributed by atoms with E-state index in [1.807, 2.05) is 92.7 Å². The van der Waals surface area contributed by atoms with Gasteiger partial charge in [0, 0.05) is 32.5 Å². The lowest BCUT2D eigenvalue weighted by molar-refractivity contribution is -0.141. The number of nitrogens with zero attached hydrogens (tertiary/aromatic N) is 2. The average molecular weight is 592 g/mol. The van der Waals surface area contributed by atoms with Crippen molar-refractivity contribution in [2.45, 2.75) is 71.9 Å². The second-order valence-corrected chi connectivity index (χ2v) is 12.7. The second kappa shape index (κ2) is 16.1. The number of unbranched alkanes of at least 4 members (excludes halogenated alkanes) is 1. The molecule has 2 amide bonds. The van der Waals surface area contributed by atoms with E-state index in [0.717, 1.165) is 41.5 Å². The summed E-state index contributed by atoms with van der Waals surface area (Å²) in [7, 11) is -3.55. The summed E-state index contributed by atoms with van der Waals surface area (Å²) in [6, 6.07) is 24.4. The van der Waals surface area contributed by atoms with E-state index in [9.17, 15) is 18.0 Å². The van der Waals surface area contributed by atoms with Gasteiger partial charge in [0.25, 0.3) is 0 Å². The first-order chi connectivity index (χ1) is 20.1. The fourth-order valence-corrected chi connectivity index (χ4v) is 5.90. The fourth-order valence-electron chi connectivity index (χ4n) is 4.93. The molecule has 0 aliphatic carbocycles. The molecule has 0 spiro atoms. The molecule has 226 valence electrons. The van der Waals surface area contributed by atoms with Gasteiger partial charge in [-0.15, -0.1) is 0 Å². The summed E-state index contributed by atoms with van der Waals surface area (Å²) < 4.78 is 26.7. The lowest BCUT2D eigenvalue weighted by Crippen LogP contribution is -2.50. The van der Waals surface area contributed by atoms with E-state index in [4.69, 9.17) is 0 Å². The number of aryl methyl sites for hydroxylation is 2. The number of anilines is 1. The molecule has 0 aromatic heterocycles. The van der Waals surface area contributed by atoms with Gasteiger partial charge in [-0.25, -0.2) is 8.42 Å². The molecular weight excluding hydrogens is 546 g/mol. The van der Waals surface area contributed by atoms with Crippen molar-refractivity contribution in [1.29, 1.82) is 0 Å². The van der Waals surface area contributed by atoms with Gasteiger partial charge in [0.15, 0.2) is 0 Å². The van der Waals surface area contributed by atoms with Crippen LogP contribution in [0.15, 0.2) is 78.9 Å². The number of nitrogens with one attached hydrogen (secondary N) is 1. The van der Waals surface area contributed by atoms with Gasteiger partial charge >= 0.3 is 0 Å². The quantitative estimate of drug-likeness (QED) is 0.218. The summed E-state index contributed by atoms with van der Waals surface area (Å²) >= 11 is 0. The van der Waals surface area contributed by atoms with Crippen LogP contribution in [-0.4, -0.2) is 50.5 Å². The molecule has 3 rings (SSSR count). The van der Waals surface area contributed by atoms with E-state index in [0.29, 0.717) is 31.6 Å². The van der Waals surface area contributed by atoms with E-state index >= 15 is 0 Å². The molecule has 7 nitrogen and oxygen atoms in total. The Hall–Kier alpha value is -3.65. The smallest absolute Gasteiger partial charge is 0.243 e. The number of sulfonamides is 1. The molecule has 0 heterocycles. The third-order valence-electron chi connectivity index (χ3n) is 7.49. The fraction of sp³-hybridized carbons (Fsp3) is 0.412. The molecule has 0 aliphatic rings. The molecule has 8 heteroatoms. The standard InChI is InChI=1S/C34H45N3O4S/c1-5-7-23-35-34(39)32(25-29-15-9-8-10-16-29)36(26-30-17-12-11-14-27(30)3)33(38)18-13-24-37(42(4,40)41)31-21-19-28(6-2)20-22-31/h8-12,14-17,19-22,32H,5-7,13,18,23-26H2,1-4H3,(H,35,39)/t32-/m0/s1. The Morgan fingerprint density at radius 3 is 2.14 bits per heavy atom. The van der Waals surface area contributed by atoms with Crippen LogP contribution in [0.25, 0.3) is 0 Å². The van der Waals surface area contributed by atoms with Crippen molar-refractivity contribution in [3.63, 3.8) is 0 Å². The van der Waals surface area contributed by atoms with E-state index < -0.39 is 16.1 Å². The van der Waals surface area contributed by atoms with Crippen molar-refractivity contribution in [3.05, 3.63) is 101 Å². The SMILES string of the molecule is CCCCNC(=O)[C@H](Cc1ccccc1)N(Cc1ccccc1C)C(=O)CCCN(c1ccc(CC)cc1)S(C)(=O)=O. The van der Waals surface area contributed by atoms with Crippen LogP contribution in [0.2, 0.25) is 0 Å². The van der Waals surface area contributed by atoms with Crippen molar-refractivity contribution in [1.82, 2.24) is 10.2 Å². The van der Waals surface area contributed by atoms with Crippen LogP contribution < -0.4 is 9.62 Å². The van der Waals surface area contributed by atoms with Crippen LogP contribution in [0, 0.1) is 6.92 Å². The van der Waals surface area contributed by atoms with Gasteiger partial charge in [-0.05, 0) is 60.6 Å². The van der Waals surface area contributed by atoms with Crippen molar-refractivity contribution < 1.29 is 18.0 Å².